The van der Waals surface area contributed by atoms with Gasteiger partial charge < -0.3 is 29.7 Å². The number of aryl methyl sites for hydroxylation is 1. The number of benzene rings is 1. The molecule has 0 spiro atoms. The first-order valence-electron chi connectivity index (χ1n) is 12.5. The number of hydrogen-bond acceptors (Lipinski definition) is 11. The molecule has 0 amide bonds. The highest BCUT2D eigenvalue weighted by atomic mass is 32.2. The van der Waals surface area contributed by atoms with E-state index < -0.39 is 20.2 Å². The van der Waals surface area contributed by atoms with Crippen molar-refractivity contribution in [2.24, 2.45) is 7.05 Å². The number of methoxy groups -OCH3 is 1. The molecule has 14 nitrogen and oxygen atoms in total. The summed E-state index contributed by atoms with van der Waals surface area (Å²) in [5.41, 5.74) is 3.26. The maximum Gasteiger partial charge on any atom is 0.261 e. The molecule has 2 saturated heterocycles. The van der Waals surface area contributed by atoms with Crippen LogP contribution in [0.3, 0.4) is 0 Å². The van der Waals surface area contributed by atoms with E-state index in [1.54, 1.807) is 7.11 Å². The smallest absolute Gasteiger partial charge is 0.261 e. The van der Waals surface area contributed by atoms with E-state index in [9.17, 15) is 16.8 Å². The van der Waals surface area contributed by atoms with Gasteiger partial charge in [-0.15, -0.1) is 0 Å². The molecule has 2 fully saturated rings. The highest BCUT2D eigenvalue weighted by molar-refractivity contribution is 7.85. The van der Waals surface area contributed by atoms with Crippen LogP contribution in [0.15, 0.2) is 30.3 Å². The summed E-state index contributed by atoms with van der Waals surface area (Å²) in [5.74, 6) is 2.74. The van der Waals surface area contributed by atoms with Crippen molar-refractivity contribution in [3.05, 3.63) is 30.3 Å². The maximum absolute atomic E-state index is 9.19. The van der Waals surface area contributed by atoms with E-state index in [1.807, 2.05) is 12.1 Å². The molecule has 0 atom stereocenters. The summed E-state index contributed by atoms with van der Waals surface area (Å²) in [6, 6.07) is 10.4. The summed E-state index contributed by atoms with van der Waals surface area (Å²) in [4.78, 5) is 14.8. The van der Waals surface area contributed by atoms with Crippen LogP contribution >= 0.6 is 0 Å². The van der Waals surface area contributed by atoms with Gasteiger partial charge in [-0.2, -0.15) is 26.8 Å². The molecule has 0 bridgehead atoms. The zero-order valence-corrected chi connectivity index (χ0v) is 24.7. The lowest BCUT2D eigenvalue weighted by molar-refractivity contribution is 0.415. The second-order valence-corrected chi connectivity index (χ2v) is 12.3. The molecule has 5 rings (SSSR count). The third-order valence-electron chi connectivity index (χ3n) is 6.06. The quantitative estimate of drug-likeness (QED) is 0.304. The number of piperazine rings is 2. The van der Waals surface area contributed by atoms with E-state index in [0.717, 1.165) is 92.2 Å². The second-order valence-electron chi connectivity index (χ2n) is 9.34. The number of hydrogen-bond donors (Lipinski definition) is 4. The van der Waals surface area contributed by atoms with Gasteiger partial charge in [0, 0.05) is 59.4 Å². The summed E-state index contributed by atoms with van der Waals surface area (Å²) in [5, 5.41) is 7.97. The van der Waals surface area contributed by atoms with Gasteiger partial charge in [-0.1, -0.05) is 0 Å². The molecule has 2 aromatic heterocycles. The fraction of sp³-hybridized carbons (Fsp3) is 0.500. The predicted molar refractivity (Wildman–Crippen MR) is 156 cm³/mol. The number of aromatic nitrogens is 3. The Hall–Kier alpha value is -3.02. The zero-order valence-electron chi connectivity index (χ0n) is 23.0. The number of nitrogens with zero attached hydrogens (tertiary/aromatic N) is 5. The van der Waals surface area contributed by atoms with Gasteiger partial charge in [0.1, 0.15) is 17.2 Å². The molecule has 4 heterocycles. The van der Waals surface area contributed by atoms with E-state index in [2.05, 4.69) is 50.2 Å². The summed E-state index contributed by atoms with van der Waals surface area (Å²) in [6.07, 6.45) is 1.43. The van der Waals surface area contributed by atoms with Crippen molar-refractivity contribution < 1.29 is 30.7 Å². The number of fused-ring (bicyclic) bond motifs is 1. The highest BCUT2D eigenvalue weighted by Gasteiger charge is 2.23. The average molecular weight is 600 g/mol. The molecule has 4 N–H and O–H groups in total. The van der Waals surface area contributed by atoms with Crippen LogP contribution in [0.4, 0.5) is 11.8 Å². The van der Waals surface area contributed by atoms with Crippen LogP contribution in [-0.2, 0) is 27.3 Å². The minimum absolute atomic E-state index is 0.715. The molecule has 1 aromatic carbocycles. The zero-order chi connectivity index (χ0) is 29.5. The number of anilines is 2. The van der Waals surface area contributed by atoms with Gasteiger partial charge in [-0.25, -0.2) is 0 Å². The van der Waals surface area contributed by atoms with Crippen LogP contribution < -0.4 is 25.2 Å². The fourth-order valence-corrected chi connectivity index (χ4v) is 4.33. The lowest BCUT2D eigenvalue weighted by Crippen LogP contribution is -2.45. The largest absolute Gasteiger partial charge is 0.497 e. The summed E-state index contributed by atoms with van der Waals surface area (Å²) >= 11 is 0. The van der Waals surface area contributed by atoms with E-state index in [1.165, 1.54) is 0 Å². The lowest BCUT2D eigenvalue weighted by atomic mass is 10.1. The molecule has 40 heavy (non-hydrogen) atoms. The van der Waals surface area contributed by atoms with Crippen LogP contribution in [0.25, 0.3) is 22.3 Å². The summed E-state index contributed by atoms with van der Waals surface area (Å²) in [6.45, 7) is 7.67. The number of rotatable bonds is 4. The van der Waals surface area contributed by atoms with Crippen LogP contribution in [0.2, 0.25) is 0 Å². The van der Waals surface area contributed by atoms with Gasteiger partial charge in [0.05, 0.1) is 30.7 Å². The van der Waals surface area contributed by atoms with Crippen molar-refractivity contribution in [1.29, 1.82) is 0 Å². The van der Waals surface area contributed by atoms with Gasteiger partial charge in [0.2, 0.25) is 5.95 Å². The molecular weight excluding hydrogens is 562 g/mol. The van der Waals surface area contributed by atoms with Crippen molar-refractivity contribution in [1.82, 2.24) is 25.2 Å². The predicted octanol–water partition coefficient (Wildman–Crippen LogP) is 0.471. The van der Waals surface area contributed by atoms with Gasteiger partial charge in [0.25, 0.3) is 20.2 Å². The fourth-order valence-electron chi connectivity index (χ4n) is 4.33. The molecule has 222 valence electrons. The molecule has 0 unspecified atom stereocenters. The van der Waals surface area contributed by atoms with Crippen molar-refractivity contribution in [3.63, 3.8) is 0 Å². The monoisotopic (exact) mass is 599 g/mol. The Kier molecular flexibility index (Phi) is 10.7. The topological polar surface area (TPSA) is 179 Å². The lowest BCUT2D eigenvalue weighted by Gasteiger charge is -2.31. The van der Waals surface area contributed by atoms with E-state index in [4.69, 9.17) is 23.8 Å². The van der Waals surface area contributed by atoms with Crippen molar-refractivity contribution in [2.75, 3.05) is 81.8 Å². The van der Waals surface area contributed by atoms with Crippen LogP contribution in [-0.4, -0.2) is 112 Å². The van der Waals surface area contributed by atoms with Crippen molar-refractivity contribution in [3.8, 4) is 17.0 Å². The SMILES string of the molecule is COc1ccc(-c2cc3c(N4CCNCC4)nc(N4CCNCC4)nc3n2C)cc1.CS(=O)(=O)O.CS(=O)(=O)O. The van der Waals surface area contributed by atoms with E-state index in [0.29, 0.717) is 12.5 Å². The van der Waals surface area contributed by atoms with Crippen LogP contribution in [0, 0.1) is 0 Å². The Morgan fingerprint density at radius 1 is 0.825 bits per heavy atom. The van der Waals surface area contributed by atoms with Crippen LogP contribution in [0.5, 0.6) is 5.75 Å². The Morgan fingerprint density at radius 3 is 1.77 bits per heavy atom. The first-order valence-corrected chi connectivity index (χ1v) is 16.2. The molecule has 0 aliphatic carbocycles. The van der Waals surface area contributed by atoms with Gasteiger partial charge in [0.15, 0.2) is 0 Å². The van der Waals surface area contributed by atoms with Gasteiger partial charge in [-0.3, -0.25) is 9.11 Å². The van der Waals surface area contributed by atoms with E-state index >= 15 is 0 Å². The molecule has 16 heteroatoms. The third kappa shape index (κ3) is 9.57. The average Bonchev–Trinajstić information content (AvgIpc) is 3.23. The Labute approximate surface area is 234 Å². The van der Waals surface area contributed by atoms with Crippen LogP contribution in [0.1, 0.15) is 0 Å². The molecule has 2 aliphatic heterocycles. The van der Waals surface area contributed by atoms with Gasteiger partial charge in [-0.05, 0) is 35.9 Å². The summed E-state index contributed by atoms with van der Waals surface area (Å²) < 4.78 is 59.3. The minimum atomic E-state index is -3.67. The maximum atomic E-state index is 9.19. The number of nitrogens with one attached hydrogen (secondary N) is 2. The molecule has 3 aromatic rings. The first kappa shape index (κ1) is 31.5. The first-order chi connectivity index (χ1) is 18.7. The molecule has 0 saturated carbocycles. The van der Waals surface area contributed by atoms with Crippen molar-refractivity contribution >= 4 is 43.0 Å². The highest BCUT2D eigenvalue weighted by Crippen LogP contribution is 2.34. The van der Waals surface area contributed by atoms with Gasteiger partial charge >= 0.3 is 0 Å². The standard InChI is InChI=1S/C22H29N7O.2CH4O3S/c1-27-19(16-3-5-17(30-2)6-4-16)15-18-20(27)25-22(29-13-9-24-10-14-29)26-21(18)28-11-7-23-8-12-28;2*1-5(2,3)4/h3-6,15,23-24H,7-14H2,1-2H3;2*1H3,(H,2,3,4). The molecule has 2 aliphatic rings. The minimum Gasteiger partial charge on any atom is -0.497 e. The number of ether oxygens (including phenoxy) is 1. The molecule has 0 radical (unpaired) electrons. The Balaban J connectivity index is 0.000000381. The summed E-state index contributed by atoms with van der Waals surface area (Å²) in [7, 11) is -3.54. The Morgan fingerprint density at radius 2 is 1.30 bits per heavy atom. The molecular formula is C24H37N7O7S2. The second kappa shape index (κ2) is 13.6. The van der Waals surface area contributed by atoms with Crippen molar-refractivity contribution in [2.45, 2.75) is 0 Å². The third-order valence-corrected chi connectivity index (χ3v) is 6.06. The Bertz CT molecular complexity index is 1440. The van der Waals surface area contributed by atoms with E-state index in [-0.39, 0.29) is 0 Å². The normalized spacial score (nSPS) is 16.1.